The van der Waals surface area contributed by atoms with Crippen LogP contribution in [0.4, 0.5) is 21.7 Å². The highest BCUT2D eigenvalue weighted by molar-refractivity contribution is 6.03. The van der Waals surface area contributed by atoms with Gasteiger partial charge < -0.3 is 10.6 Å². The molecular formula is C20H17FN4O2. The molecular weight excluding hydrogens is 347 g/mol. The summed E-state index contributed by atoms with van der Waals surface area (Å²) in [5.74, 6) is -0.940. The predicted molar refractivity (Wildman–Crippen MR) is 101 cm³/mol. The summed E-state index contributed by atoms with van der Waals surface area (Å²) < 4.78 is 13.7. The van der Waals surface area contributed by atoms with Gasteiger partial charge in [-0.25, -0.2) is 14.4 Å². The van der Waals surface area contributed by atoms with Crippen molar-refractivity contribution in [3.8, 4) is 0 Å². The van der Waals surface area contributed by atoms with Crippen molar-refractivity contribution in [1.82, 2.24) is 9.97 Å². The van der Waals surface area contributed by atoms with Crippen molar-refractivity contribution >= 4 is 29.0 Å². The minimum absolute atomic E-state index is 0.0613. The van der Waals surface area contributed by atoms with Gasteiger partial charge in [0.2, 0.25) is 5.95 Å². The fourth-order valence-electron chi connectivity index (χ4n) is 2.43. The SMILES string of the molecule is CC(=O)c1cccc(Nc2nc(C)cc(C(=O)Nc3ccccc3F)n2)c1. The Balaban J connectivity index is 1.84. The van der Waals surface area contributed by atoms with Gasteiger partial charge in [-0.05, 0) is 44.2 Å². The summed E-state index contributed by atoms with van der Waals surface area (Å²) in [7, 11) is 0. The number of aromatic nitrogens is 2. The summed E-state index contributed by atoms with van der Waals surface area (Å²) in [6.45, 7) is 3.20. The number of aryl methyl sites for hydroxylation is 1. The number of nitrogens with zero attached hydrogens (tertiary/aromatic N) is 2. The number of hydrogen-bond donors (Lipinski definition) is 2. The lowest BCUT2D eigenvalue weighted by Crippen LogP contribution is -2.16. The molecule has 7 heteroatoms. The number of halogens is 1. The van der Waals surface area contributed by atoms with E-state index in [9.17, 15) is 14.0 Å². The second kappa shape index (κ2) is 7.74. The second-order valence-corrected chi connectivity index (χ2v) is 5.91. The fourth-order valence-corrected chi connectivity index (χ4v) is 2.43. The summed E-state index contributed by atoms with van der Waals surface area (Å²) in [4.78, 5) is 32.4. The molecule has 0 aliphatic rings. The minimum Gasteiger partial charge on any atom is -0.324 e. The highest BCUT2D eigenvalue weighted by atomic mass is 19.1. The Morgan fingerprint density at radius 3 is 2.52 bits per heavy atom. The first-order chi connectivity index (χ1) is 12.9. The lowest BCUT2D eigenvalue weighted by Gasteiger charge is -2.10. The maximum Gasteiger partial charge on any atom is 0.274 e. The van der Waals surface area contributed by atoms with Gasteiger partial charge in [0, 0.05) is 16.9 Å². The molecule has 1 heterocycles. The molecule has 0 aliphatic carbocycles. The van der Waals surface area contributed by atoms with E-state index in [1.807, 2.05) is 0 Å². The molecule has 0 bridgehead atoms. The number of rotatable bonds is 5. The molecule has 0 fully saturated rings. The molecule has 0 unspecified atom stereocenters. The van der Waals surface area contributed by atoms with Crippen LogP contribution in [0.2, 0.25) is 0 Å². The summed E-state index contributed by atoms with van der Waals surface area (Å²) >= 11 is 0. The van der Waals surface area contributed by atoms with Gasteiger partial charge in [0.05, 0.1) is 5.69 Å². The van der Waals surface area contributed by atoms with E-state index in [1.165, 1.54) is 31.2 Å². The van der Waals surface area contributed by atoms with Gasteiger partial charge in [0.1, 0.15) is 11.5 Å². The van der Waals surface area contributed by atoms with Crippen LogP contribution in [0.1, 0.15) is 33.5 Å². The normalized spacial score (nSPS) is 10.3. The van der Waals surface area contributed by atoms with Crippen LogP contribution in [0.5, 0.6) is 0 Å². The number of hydrogen-bond acceptors (Lipinski definition) is 5. The van der Waals surface area contributed by atoms with Crippen molar-refractivity contribution in [2.45, 2.75) is 13.8 Å². The fraction of sp³-hybridized carbons (Fsp3) is 0.100. The van der Waals surface area contributed by atoms with E-state index in [2.05, 4.69) is 20.6 Å². The van der Waals surface area contributed by atoms with E-state index >= 15 is 0 Å². The molecule has 0 spiro atoms. The van der Waals surface area contributed by atoms with Crippen LogP contribution in [-0.4, -0.2) is 21.7 Å². The predicted octanol–water partition coefficient (Wildman–Crippen LogP) is 4.12. The number of benzene rings is 2. The number of carbonyl (C=O) groups is 2. The molecule has 2 aromatic carbocycles. The number of carbonyl (C=O) groups excluding carboxylic acids is 2. The van der Waals surface area contributed by atoms with Crippen LogP contribution in [-0.2, 0) is 0 Å². The molecule has 0 radical (unpaired) electrons. The van der Waals surface area contributed by atoms with E-state index in [4.69, 9.17) is 0 Å². The summed E-state index contributed by atoms with van der Waals surface area (Å²) in [5, 5.41) is 5.47. The lowest BCUT2D eigenvalue weighted by molar-refractivity contribution is 0.101. The standard InChI is InChI=1S/C20H17FN4O2/c1-12-10-18(19(27)24-17-9-4-3-8-16(17)21)25-20(22-12)23-15-7-5-6-14(11-15)13(2)26/h3-11H,1-2H3,(H,24,27)(H,22,23,25). The smallest absolute Gasteiger partial charge is 0.274 e. The highest BCUT2D eigenvalue weighted by Crippen LogP contribution is 2.18. The Morgan fingerprint density at radius 1 is 1.00 bits per heavy atom. The third-order valence-corrected chi connectivity index (χ3v) is 3.73. The maximum atomic E-state index is 13.7. The molecule has 0 aliphatic heterocycles. The molecule has 1 aromatic heterocycles. The van der Waals surface area contributed by atoms with Crippen LogP contribution in [0, 0.1) is 12.7 Å². The Hall–Kier alpha value is -3.61. The van der Waals surface area contributed by atoms with E-state index < -0.39 is 11.7 Å². The largest absolute Gasteiger partial charge is 0.324 e. The molecule has 0 saturated carbocycles. The number of amides is 1. The quantitative estimate of drug-likeness (QED) is 0.665. The minimum atomic E-state index is -0.550. The second-order valence-electron chi connectivity index (χ2n) is 5.91. The van der Waals surface area contributed by atoms with E-state index in [0.29, 0.717) is 16.9 Å². The molecule has 3 rings (SSSR count). The van der Waals surface area contributed by atoms with Gasteiger partial charge in [0.25, 0.3) is 5.91 Å². The lowest BCUT2D eigenvalue weighted by atomic mass is 10.1. The average molecular weight is 364 g/mol. The summed E-state index contributed by atoms with van der Waals surface area (Å²) in [6.07, 6.45) is 0. The molecule has 2 N–H and O–H groups in total. The van der Waals surface area contributed by atoms with Gasteiger partial charge in [-0.1, -0.05) is 24.3 Å². The molecule has 0 atom stereocenters. The third kappa shape index (κ3) is 4.52. The Morgan fingerprint density at radius 2 is 1.78 bits per heavy atom. The molecule has 3 aromatic rings. The zero-order valence-corrected chi connectivity index (χ0v) is 14.8. The summed E-state index contributed by atoms with van der Waals surface area (Å²) in [5.41, 5.74) is 1.89. The van der Waals surface area contributed by atoms with Gasteiger partial charge in [0.15, 0.2) is 5.78 Å². The number of Topliss-reactive ketones (excluding diaryl/α,β-unsaturated/α-hetero) is 1. The van der Waals surface area contributed by atoms with E-state index in [-0.39, 0.29) is 23.1 Å². The van der Waals surface area contributed by atoms with Crippen LogP contribution >= 0.6 is 0 Å². The Bertz CT molecular complexity index is 1020. The van der Waals surface area contributed by atoms with Crippen molar-refractivity contribution in [2.75, 3.05) is 10.6 Å². The van der Waals surface area contributed by atoms with Crippen LogP contribution in [0.15, 0.2) is 54.6 Å². The van der Waals surface area contributed by atoms with Crippen molar-refractivity contribution in [1.29, 1.82) is 0 Å². The average Bonchev–Trinajstić information content (AvgIpc) is 2.63. The molecule has 27 heavy (non-hydrogen) atoms. The molecule has 1 amide bonds. The van der Waals surface area contributed by atoms with Crippen molar-refractivity contribution < 1.29 is 14.0 Å². The highest BCUT2D eigenvalue weighted by Gasteiger charge is 2.13. The van der Waals surface area contributed by atoms with Crippen molar-refractivity contribution in [3.05, 3.63) is 77.4 Å². The molecule has 0 saturated heterocycles. The van der Waals surface area contributed by atoms with Gasteiger partial charge in [-0.2, -0.15) is 0 Å². The van der Waals surface area contributed by atoms with Crippen molar-refractivity contribution in [2.24, 2.45) is 0 Å². The van der Waals surface area contributed by atoms with Gasteiger partial charge >= 0.3 is 0 Å². The Labute approximate surface area is 155 Å². The van der Waals surface area contributed by atoms with Crippen LogP contribution in [0.3, 0.4) is 0 Å². The van der Waals surface area contributed by atoms with E-state index in [1.54, 1.807) is 37.3 Å². The number of ketones is 1. The Kier molecular flexibility index (Phi) is 5.21. The van der Waals surface area contributed by atoms with Gasteiger partial charge in [-0.3, -0.25) is 9.59 Å². The topological polar surface area (TPSA) is 84.0 Å². The van der Waals surface area contributed by atoms with Gasteiger partial charge in [-0.15, -0.1) is 0 Å². The monoisotopic (exact) mass is 364 g/mol. The molecule has 6 nitrogen and oxygen atoms in total. The zero-order chi connectivity index (χ0) is 19.4. The number of nitrogens with one attached hydrogen (secondary N) is 2. The molecule has 136 valence electrons. The first kappa shape index (κ1) is 18.2. The number of para-hydroxylation sites is 1. The van der Waals surface area contributed by atoms with E-state index in [0.717, 1.165) is 0 Å². The number of anilines is 3. The first-order valence-electron chi connectivity index (χ1n) is 8.22. The maximum absolute atomic E-state index is 13.7. The third-order valence-electron chi connectivity index (χ3n) is 3.73. The van der Waals surface area contributed by atoms with Crippen molar-refractivity contribution in [3.63, 3.8) is 0 Å². The first-order valence-corrected chi connectivity index (χ1v) is 8.22. The zero-order valence-electron chi connectivity index (χ0n) is 14.8. The summed E-state index contributed by atoms with van der Waals surface area (Å²) in [6, 6.07) is 14.3. The van der Waals surface area contributed by atoms with Crippen LogP contribution in [0.25, 0.3) is 0 Å². The van der Waals surface area contributed by atoms with Crippen LogP contribution < -0.4 is 10.6 Å².